The summed E-state index contributed by atoms with van der Waals surface area (Å²) in [4.78, 5) is 30.2. The molecule has 10 heteroatoms. The Balaban J connectivity index is 1.24. The molecular weight excluding hydrogens is 456 g/mol. The molecule has 1 aliphatic carbocycles. The molecular formula is C26H34N8O2. The van der Waals surface area contributed by atoms with Crippen molar-refractivity contribution in [2.45, 2.75) is 52.6 Å². The number of fused-ring (bicyclic) bond motifs is 3. The first-order valence-electron chi connectivity index (χ1n) is 12.5. The minimum Gasteiger partial charge on any atom is -0.444 e. The van der Waals surface area contributed by atoms with Gasteiger partial charge in [-0.2, -0.15) is 5.10 Å². The Bertz CT molecular complexity index is 1270. The lowest BCUT2D eigenvalue weighted by molar-refractivity contribution is 0.0240. The maximum absolute atomic E-state index is 12.3. The molecule has 3 aromatic rings. The molecule has 3 aromatic heterocycles. The van der Waals surface area contributed by atoms with E-state index in [0.717, 1.165) is 47.7 Å². The summed E-state index contributed by atoms with van der Waals surface area (Å²) in [6.45, 7) is 12.7. The second-order valence-corrected chi connectivity index (χ2v) is 10.7. The van der Waals surface area contributed by atoms with Gasteiger partial charge in [-0.05, 0) is 38.8 Å². The van der Waals surface area contributed by atoms with E-state index in [1.807, 2.05) is 57.0 Å². The summed E-state index contributed by atoms with van der Waals surface area (Å²) < 4.78 is 7.46. The molecule has 0 aromatic carbocycles. The van der Waals surface area contributed by atoms with E-state index in [2.05, 4.69) is 34.0 Å². The summed E-state index contributed by atoms with van der Waals surface area (Å²) in [5.74, 6) is 1.55. The number of carbonyl (C=O) groups is 1. The Hall–Kier alpha value is -3.69. The van der Waals surface area contributed by atoms with Gasteiger partial charge in [0.25, 0.3) is 0 Å². The highest BCUT2D eigenvalue weighted by Gasteiger charge is 2.30. The van der Waals surface area contributed by atoms with Crippen molar-refractivity contribution in [2.75, 3.05) is 36.4 Å². The van der Waals surface area contributed by atoms with Crippen LogP contribution in [0, 0.1) is 0 Å². The van der Waals surface area contributed by atoms with Gasteiger partial charge in [0, 0.05) is 57.0 Å². The molecule has 10 nitrogen and oxygen atoms in total. The van der Waals surface area contributed by atoms with Crippen LogP contribution in [0.4, 0.5) is 22.2 Å². The van der Waals surface area contributed by atoms with E-state index >= 15 is 0 Å². The number of rotatable bonds is 4. The fourth-order valence-corrected chi connectivity index (χ4v) is 4.87. The maximum atomic E-state index is 12.3. The first kappa shape index (κ1) is 24.0. The Labute approximate surface area is 211 Å². The highest BCUT2D eigenvalue weighted by atomic mass is 16.6. The van der Waals surface area contributed by atoms with Crippen LogP contribution in [0.5, 0.6) is 0 Å². The summed E-state index contributed by atoms with van der Waals surface area (Å²) in [7, 11) is 2.00. The van der Waals surface area contributed by atoms with Crippen molar-refractivity contribution in [1.82, 2.24) is 29.6 Å². The zero-order chi connectivity index (χ0) is 25.6. The van der Waals surface area contributed by atoms with Crippen LogP contribution in [0.3, 0.4) is 0 Å². The highest BCUT2D eigenvalue weighted by Crippen LogP contribution is 2.40. The van der Waals surface area contributed by atoms with Crippen molar-refractivity contribution in [3.63, 3.8) is 0 Å². The number of hydrogen-bond donors (Lipinski definition) is 1. The summed E-state index contributed by atoms with van der Waals surface area (Å²) in [5.41, 5.74) is 6.00. The molecule has 0 unspecified atom stereocenters. The molecule has 1 saturated heterocycles. The molecule has 0 spiro atoms. The summed E-state index contributed by atoms with van der Waals surface area (Å²) in [6.07, 6.45) is 4.23. The predicted octanol–water partition coefficient (Wildman–Crippen LogP) is 4.10. The third kappa shape index (κ3) is 4.72. The predicted molar refractivity (Wildman–Crippen MR) is 139 cm³/mol. The van der Waals surface area contributed by atoms with Gasteiger partial charge in [0.1, 0.15) is 11.4 Å². The van der Waals surface area contributed by atoms with Gasteiger partial charge in [-0.25, -0.2) is 19.7 Å². The van der Waals surface area contributed by atoms with E-state index in [1.54, 1.807) is 4.90 Å². The van der Waals surface area contributed by atoms with Crippen LogP contribution < -0.4 is 10.2 Å². The SMILES string of the molecule is CC(C)c1c2c(nn1C)Cc1cnc(Nc3ccc(N4CCN(C(=O)OC(C)(C)C)CC4)cn3)nc1-2. The quantitative estimate of drug-likeness (QED) is 0.456. The van der Waals surface area contributed by atoms with Crippen molar-refractivity contribution in [2.24, 2.45) is 7.05 Å². The molecule has 0 radical (unpaired) electrons. The fraction of sp³-hybridized carbons (Fsp3) is 0.500. The van der Waals surface area contributed by atoms with Gasteiger partial charge < -0.3 is 19.9 Å². The highest BCUT2D eigenvalue weighted by molar-refractivity contribution is 5.75. The van der Waals surface area contributed by atoms with Crippen LogP contribution in [0.2, 0.25) is 0 Å². The van der Waals surface area contributed by atoms with Crippen LogP contribution in [0.1, 0.15) is 57.5 Å². The largest absolute Gasteiger partial charge is 0.444 e. The normalized spacial score (nSPS) is 15.2. The molecule has 36 heavy (non-hydrogen) atoms. The molecule has 1 aliphatic heterocycles. The summed E-state index contributed by atoms with van der Waals surface area (Å²) in [5, 5.41) is 7.95. The number of nitrogens with zero attached hydrogens (tertiary/aromatic N) is 7. The van der Waals surface area contributed by atoms with Crippen LogP contribution in [-0.2, 0) is 18.2 Å². The molecule has 0 saturated carbocycles. The zero-order valence-electron chi connectivity index (χ0n) is 21.9. The molecule has 0 bridgehead atoms. The monoisotopic (exact) mass is 490 g/mol. The lowest BCUT2D eigenvalue weighted by Crippen LogP contribution is -2.50. The number of amides is 1. The number of hydrogen-bond acceptors (Lipinski definition) is 8. The minimum absolute atomic E-state index is 0.256. The van der Waals surface area contributed by atoms with E-state index in [0.29, 0.717) is 30.8 Å². The second-order valence-electron chi connectivity index (χ2n) is 10.7. The van der Waals surface area contributed by atoms with Gasteiger partial charge in [0.05, 0.1) is 29.0 Å². The van der Waals surface area contributed by atoms with E-state index < -0.39 is 5.60 Å². The van der Waals surface area contributed by atoms with Gasteiger partial charge in [-0.15, -0.1) is 0 Å². The van der Waals surface area contributed by atoms with Gasteiger partial charge in [-0.3, -0.25) is 4.68 Å². The summed E-state index contributed by atoms with van der Waals surface area (Å²) >= 11 is 0. The number of anilines is 3. The first-order valence-corrected chi connectivity index (χ1v) is 12.5. The Kier molecular flexibility index (Phi) is 6.05. The van der Waals surface area contributed by atoms with Crippen LogP contribution in [0.25, 0.3) is 11.3 Å². The fourth-order valence-electron chi connectivity index (χ4n) is 4.87. The number of pyridine rings is 1. The molecule has 1 fully saturated rings. The lowest BCUT2D eigenvalue weighted by Gasteiger charge is -2.36. The van der Waals surface area contributed by atoms with Crippen molar-refractivity contribution in [1.29, 1.82) is 0 Å². The van der Waals surface area contributed by atoms with Gasteiger partial charge >= 0.3 is 6.09 Å². The molecule has 1 amide bonds. The van der Waals surface area contributed by atoms with E-state index in [4.69, 9.17) is 14.8 Å². The van der Waals surface area contributed by atoms with E-state index in [1.165, 1.54) is 5.69 Å². The summed E-state index contributed by atoms with van der Waals surface area (Å²) in [6, 6.07) is 3.96. The maximum Gasteiger partial charge on any atom is 0.410 e. The lowest BCUT2D eigenvalue weighted by atomic mass is 10.0. The van der Waals surface area contributed by atoms with E-state index in [9.17, 15) is 4.79 Å². The molecule has 1 N–H and O–H groups in total. The van der Waals surface area contributed by atoms with Crippen LogP contribution in [0.15, 0.2) is 24.5 Å². The van der Waals surface area contributed by atoms with Crippen molar-refractivity contribution in [3.8, 4) is 11.3 Å². The third-order valence-electron chi connectivity index (χ3n) is 6.45. The van der Waals surface area contributed by atoms with Gasteiger partial charge in [0.15, 0.2) is 0 Å². The number of ether oxygens (including phenoxy) is 1. The second kappa shape index (κ2) is 9.07. The zero-order valence-corrected chi connectivity index (χ0v) is 21.9. The molecule has 5 rings (SSSR count). The van der Waals surface area contributed by atoms with Crippen LogP contribution >= 0.6 is 0 Å². The average molecular weight is 491 g/mol. The topological polar surface area (TPSA) is 101 Å². The first-order chi connectivity index (χ1) is 17.1. The number of aromatic nitrogens is 5. The molecule has 2 aliphatic rings. The van der Waals surface area contributed by atoms with Crippen molar-refractivity contribution < 1.29 is 9.53 Å². The molecule has 0 atom stereocenters. The number of aryl methyl sites for hydroxylation is 1. The Morgan fingerprint density at radius 3 is 2.47 bits per heavy atom. The van der Waals surface area contributed by atoms with E-state index in [-0.39, 0.29) is 6.09 Å². The van der Waals surface area contributed by atoms with Gasteiger partial charge in [-0.1, -0.05) is 13.8 Å². The Morgan fingerprint density at radius 2 is 1.83 bits per heavy atom. The molecule has 4 heterocycles. The third-order valence-corrected chi connectivity index (χ3v) is 6.45. The van der Waals surface area contributed by atoms with Crippen molar-refractivity contribution >= 4 is 23.5 Å². The number of nitrogens with one attached hydrogen (secondary N) is 1. The Morgan fingerprint density at radius 1 is 1.08 bits per heavy atom. The van der Waals surface area contributed by atoms with Crippen molar-refractivity contribution in [3.05, 3.63) is 41.5 Å². The minimum atomic E-state index is -0.486. The standard InChI is InChI=1S/C26H34N8O2/c1-16(2)23-21-19(31-32(23)6)13-17-14-28-24(30-22(17)21)29-20-8-7-18(15-27-20)33-9-11-34(12-10-33)25(35)36-26(3,4)5/h7-8,14-16H,9-13H2,1-6H3,(H,27,28,29,30). The van der Waals surface area contributed by atoms with Crippen LogP contribution in [-0.4, -0.2) is 67.5 Å². The number of carbonyl (C=O) groups excluding carboxylic acids is 1. The smallest absolute Gasteiger partial charge is 0.410 e. The molecule has 190 valence electrons. The van der Waals surface area contributed by atoms with Gasteiger partial charge in [0.2, 0.25) is 5.95 Å². The average Bonchev–Trinajstić information content (AvgIpc) is 3.32. The number of piperazine rings is 1.